The molecular formula is C24H22F3N5O4. The third kappa shape index (κ3) is 7.49. The summed E-state index contributed by atoms with van der Waals surface area (Å²) < 4.78 is 48.5. The summed E-state index contributed by atoms with van der Waals surface area (Å²) in [5.41, 5.74) is 3.16. The molecule has 3 aromatic rings. The molecule has 9 nitrogen and oxygen atoms in total. The zero-order valence-corrected chi connectivity index (χ0v) is 19.1. The zero-order chi connectivity index (χ0) is 26.1. The minimum absolute atomic E-state index is 0.138. The van der Waals surface area contributed by atoms with Crippen LogP contribution in [0.2, 0.25) is 0 Å². The lowest BCUT2D eigenvalue weighted by molar-refractivity contribution is -0.204. The number of nitrogens with one attached hydrogen (secondary N) is 3. The van der Waals surface area contributed by atoms with E-state index in [4.69, 9.17) is 9.68 Å². The van der Waals surface area contributed by atoms with E-state index in [-0.39, 0.29) is 6.54 Å². The quantitative estimate of drug-likeness (QED) is 0.360. The van der Waals surface area contributed by atoms with Crippen molar-refractivity contribution in [3.63, 3.8) is 0 Å². The van der Waals surface area contributed by atoms with Crippen LogP contribution in [0.4, 0.5) is 34.1 Å². The van der Waals surface area contributed by atoms with E-state index in [1.807, 2.05) is 6.92 Å². The van der Waals surface area contributed by atoms with Gasteiger partial charge in [-0.25, -0.2) is 14.6 Å². The van der Waals surface area contributed by atoms with Crippen LogP contribution in [0.1, 0.15) is 24.0 Å². The molecule has 1 atom stereocenters. The molecule has 1 unspecified atom stereocenters. The van der Waals surface area contributed by atoms with Crippen molar-refractivity contribution in [1.29, 1.82) is 5.26 Å². The van der Waals surface area contributed by atoms with Gasteiger partial charge in [0.2, 0.25) is 0 Å². The maximum Gasteiger partial charge on any atom is 0.425 e. The van der Waals surface area contributed by atoms with Crippen molar-refractivity contribution in [2.45, 2.75) is 38.6 Å². The van der Waals surface area contributed by atoms with Gasteiger partial charge in [-0.15, -0.1) is 0 Å². The Hall–Kier alpha value is -4.53. The summed E-state index contributed by atoms with van der Waals surface area (Å²) in [7, 11) is 0. The number of halogens is 3. The Morgan fingerprint density at radius 2 is 1.92 bits per heavy atom. The van der Waals surface area contributed by atoms with Gasteiger partial charge in [0, 0.05) is 36.3 Å². The van der Waals surface area contributed by atoms with Crippen LogP contribution in [0.3, 0.4) is 0 Å². The van der Waals surface area contributed by atoms with E-state index in [1.165, 1.54) is 6.39 Å². The number of carbonyl (C=O) groups excluding carboxylic acids is 2. The maximum absolute atomic E-state index is 12.9. The van der Waals surface area contributed by atoms with Crippen LogP contribution < -0.4 is 16.0 Å². The molecule has 0 saturated heterocycles. The molecule has 0 aliphatic carbocycles. The first-order valence-corrected chi connectivity index (χ1v) is 10.7. The van der Waals surface area contributed by atoms with Gasteiger partial charge in [-0.1, -0.05) is 12.1 Å². The molecular weight excluding hydrogens is 479 g/mol. The molecule has 36 heavy (non-hydrogen) atoms. The predicted molar refractivity (Wildman–Crippen MR) is 124 cm³/mol. The predicted octanol–water partition coefficient (Wildman–Crippen LogP) is 5.75. The van der Waals surface area contributed by atoms with Gasteiger partial charge in [0.25, 0.3) is 0 Å². The summed E-state index contributed by atoms with van der Waals surface area (Å²) in [6, 6.07) is 12.7. The number of urea groups is 1. The third-order valence-corrected chi connectivity index (χ3v) is 4.94. The smallest absolute Gasteiger partial charge is 0.425 e. The summed E-state index contributed by atoms with van der Waals surface area (Å²) >= 11 is 0. The molecule has 0 aliphatic rings. The van der Waals surface area contributed by atoms with Crippen LogP contribution in [0.15, 0.2) is 59.5 Å². The topological polar surface area (TPSA) is 129 Å². The Kier molecular flexibility index (Phi) is 8.51. The number of nitrogens with zero attached hydrogens (tertiary/aromatic N) is 2. The molecule has 0 radical (unpaired) electrons. The highest BCUT2D eigenvalue weighted by molar-refractivity contribution is 6.00. The minimum Gasteiger partial charge on any atom is -0.444 e. The number of amides is 3. The molecule has 3 amide bonds. The fourth-order valence-corrected chi connectivity index (χ4v) is 3.25. The number of alkyl carbamates (subject to hydrolysis) is 1. The highest BCUT2D eigenvalue weighted by Crippen LogP contribution is 2.27. The number of hydrogen-bond donors (Lipinski definition) is 3. The molecule has 0 fully saturated rings. The summed E-state index contributed by atoms with van der Waals surface area (Å²) in [6.45, 7) is 1.73. The number of hydrogen-bond acceptors (Lipinski definition) is 6. The average Bonchev–Trinajstić information content (AvgIpc) is 3.34. The SMILES string of the molecule is Cc1cc(NC(=O)Nc2cccc(CNC(=O)OC(CCC#N)C(F)(F)F)c2)ccc1-c1cnco1. The van der Waals surface area contributed by atoms with Crippen molar-refractivity contribution in [1.82, 2.24) is 10.3 Å². The second-order valence-corrected chi connectivity index (χ2v) is 7.66. The Bertz CT molecular complexity index is 1240. The number of rotatable bonds is 8. The molecule has 3 rings (SSSR count). The molecule has 3 N–H and O–H groups in total. The van der Waals surface area contributed by atoms with E-state index in [0.29, 0.717) is 22.7 Å². The van der Waals surface area contributed by atoms with Crippen molar-refractivity contribution < 1.29 is 31.9 Å². The molecule has 188 valence electrons. The summed E-state index contributed by atoms with van der Waals surface area (Å²) in [4.78, 5) is 28.1. The van der Waals surface area contributed by atoms with E-state index in [2.05, 4.69) is 25.7 Å². The van der Waals surface area contributed by atoms with E-state index in [9.17, 15) is 22.8 Å². The van der Waals surface area contributed by atoms with Crippen LogP contribution in [0.25, 0.3) is 11.3 Å². The Labute approximate surface area is 204 Å². The summed E-state index contributed by atoms with van der Waals surface area (Å²) in [5, 5.41) is 16.1. The fraction of sp³-hybridized carbons (Fsp3) is 0.250. The average molecular weight is 501 g/mol. The fourth-order valence-electron chi connectivity index (χ4n) is 3.25. The van der Waals surface area contributed by atoms with Gasteiger partial charge in [-0.2, -0.15) is 18.4 Å². The van der Waals surface area contributed by atoms with E-state index >= 15 is 0 Å². The third-order valence-electron chi connectivity index (χ3n) is 4.94. The Morgan fingerprint density at radius 1 is 1.17 bits per heavy atom. The summed E-state index contributed by atoms with van der Waals surface area (Å²) in [6.07, 6.45) is -6.55. The maximum atomic E-state index is 12.9. The zero-order valence-electron chi connectivity index (χ0n) is 19.1. The second-order valence-electron chi connectivity index (χ2n) is 7.66. The number of anilines is 2. The van der Waals surface area contributed by atoms with Crippen LogP contribution in [-0.4, -0.2) is 29.4 Å². The number of nitriles is 1. The van der Waals surface area contributed by atoms with Crippen molar-refractivity contribution >= 4 is 23.5 Å². The van der Waals surface area contributed by atoms with Gasteiger partial charge in [-0.3, -0.25) is 0 Å². The monoisotopic (exact) mass is 501 g/mol. The molecule has 0 bridgehead atoms. The standard InChI is InChI=1S/C24H22F3N5O4/c1-15-10-18(7-8-19(15)20-13-29-14-35-20)32-22(33)31-17-5-2-4-16(11-17)12-30-23(34)36-21(6-3-9-28)24(25,26)27/h2,4-5,7-8,10-11,13-14,21H,3,6,12H2,1H3,(H,30,34)(H2,31,32,33). The van der Waals surface area contributed by atoms with Crippen LogP contribution in [0.5, 0.6) is 0 Å². The molecule has 0 saturated carbocycles. The number of carbonyl (C=O) groups is 2. The number of aromatic nitrogens is 1. The Balaban J connectivity index is 1.53. The van der Waals surface area contributed by atoms with Crippen molar-refractivity contribution in [3.8, 4) is 17.4 Å². The van der Waals surface area contributed by atoms with Gasteiger partial charge >= 0.3 is 18.3 Å². The van der Waals surface area contributed by atoms with Gasteiger partial charge in [-0.05, 0) is 48.4 Å². The molecule has 12 heteroatoms. The number of aryl methyl sites for hydroxylation is 1. The van der Waals surface area contributed by atoms with Crippen LogP contribution in [0, 0.1) is 18.3 Å². The van der Waals surface area contributed by atoms with E-state index in [0.717, 1.165) is 11.1 Å². The first kappa shape index (κ1) is 26.1. The molecule has 1 aromatic heterocycles. The molecule has 0 spiro atoms. The van der Waals surface area contributed by atoms with Gasteiger partial charge in [0.15, 0.2) is 18.3 Å². The van der Waals surface area contributed by atoms with Gasteiger partial charge in [0.05, 0.1) is 12.3 Å². The van der Waals surface area contributed by atoms with Gasteiger partial charge in [0.1, 0.15) is 0 Å². The first-order chi connectivity index (χ1) is 17.2. The highest BCUT2D eigenvalue weighted by Gasteiger charge is 2.42. The largest absolute Gasteiger partial charge is 0.444 e. The normalized spacial score (nSPS) is 11.8. The van der Waals surface area contributed by atoms with E-state index in [1.54, 1.807) is 54.7 Å². The molecule has 1 heterocycles. The molecule has 0 aliphatic heterocycles. The Morgan fingerprint density at radius 3 is 2.56 bits per heavy atom. The van der Waals surface area contributed by atoms with Crippen molar-refractivity contribution in [2.24, 2.45) is 0 Å². The highest BCUT2D eigenvalue weighted by atomic mass is 19.4. The molecule has 2 aromatic carbocycles. The van der Waals surface area contributed by atoms with Crippen molar-refractivity contribution in [2.75, 3.05) is 10.6 Å². The lowest BCUT2D eigenvalue weighted by Crippen LogP contribution is -2.37. The lowest BCUT2D eigenvalue weighted by Gasteiger charge is -2.20. The van der Waals surface area contributed by atoms with Crippen molar-refractivity contribution in [3.05, 3.63) is 66.2 Å². The van der Waals surface area contributed by atoms with Crippen LogP contribution >= 0.6 is 0 Å². The van der Waals surface area contributed by atoms with Gasteiger partial charge < -0.3 is 25.1 Å². The second kappa shape index (κ2) is 11.7. The minimum atomic E-state index is -4.78. The number of ether oxygens (including phenoxy) is 1. The van der Waals surface area contributed by atoms with E-state index < -0.39 is 37.2 Å². The summed E-state index contributed by atoms with van der Waals surface area (Å²) in [5.74, 6) is 0.605. The number of benzene rings is 2. The van der Waals surface area contributed by atoms with Crippen LogP contribution in [-0.2, 0) is 11.3 Å². The number of oxazole rings is 1. The number of alkyl halides is 3. The lowest BCUT2D eigenvalue weighted by atomic mass is 10.1. The first-order valence-electron chi connectivity index (χ1n) is 10.7.